The molecule has 6 nitrogen and oxygen atoms in total. The number of hydrogen-bond donors (Lipinski definition) is 1. The summed E-state index contributed by atoms with van der Waals surface area (Å²) in [6.45, 7) is 0.525. The highest BCUT2D eigenvalue weighted by atomic mass is 16.5. The zero-order valence-electron chi connectivity index (χ0n) is 12.8. The third kappa shape index (κ3) is 2.42. The summed E-state index contributed by atoms with van der Waals surface area (Å²) in [5, 5.41) is 2.92. The quantitative estimate of drug-likeness (QED) is 0.783. The summed E-state index contributed by atoms with van der Waals surface area (Å²) in [6.07, 6.45) is 3.59. The van der Waals surface area contributed by atoms with Gasteiger partial charge in [0.1, 0.15) is 17.0 Å². The lowest BCUT2D eigenvalue weighted by atomic mass is 10.0. The van der Waals surface area contributed by atoms with Gasteiger partial charge in [-0.25, -0.2) is 4.98 Å². The van der Waals surface area contributed by atoms with Crippen LogP contribution in [0.2, 0.25) is 0 Å². The lowest BCUT2D eigenvalue weighted by Crippen LogP contribution is -2.36. The summed E-state index contributed by atoms with van der Waals surface area (Å²) in [6, 6.07) is 12.6. The number of carbonyl (C=O) groups excluding carboxylic acids is 1. The van der Waals surface area contributed by atoms with Gasteiger partial charge in [0.15, 0.2) is 0 Å². The standard InChI is InChI=1S/C18H15N3O3/c22-17(13-11-19-16-7-3-4-9-21(16)18(13)23)20-14-8-10-24-15-6-2-1-5-12(14)15/h1-7,9,11,14H,8,10H2,(H,20,22). The molecule has 0 aliphatic carbocycles. The van der Waals surface area contributed by atoms with Crippen molar-refractivity contribution in [2.75, 3.05) is 6.61 Å². The summed E-state index contributed by atoms with van der Waals surface area (Å²) in [5.74, 6) is 0.342. The van der Waals surface area contributed by atoms with Crippen LogP contribution in [0.5, 0.6) is 5.75 Å². The molecule has 1 aliphatic heterocycles. The third-order valence-electron chi connectivity index (χ3n) is 4.12. The van der Waals surface area contributed by atoms with Crippen molar-refractivity contribution in [3.63, 3.8) is 0 Å². The Balaban J connectivity index is 1.66. The molecule has 120 valence electrons. The molecule has 1 unspecified atom stereocenters. The number of aromatic nitrogens is 2. The number of amides is 1. The molecule has 24 heavy (non-hydrogen) atoms. The van der Waals surface area contributed by atoms with Gasteiger partial charge in [0.25, 0.3) is 11.5 Å². The topological polar surface area (TPSA) is 72.7 Å². The Kier molecular flexibility index (Phi) is 3.49. The first-order valence-corrected chi connectivity index (χ1v) is 7.73. The Morgan fingerprint density at radius 1 is 1.21 bits per heavy atom. The molecule has 2 aromatic heterocycles. The van der Waals surface area contributed by atoms with Crippen LogP contribution in [0.25, 0.3) is 5.65 Å². The molecule has 1 N–H and O–H groups in total. The second-order valence-corrected chi connectivity index (χ2v) is 5.61. The number of pyridine rings is 1. The van der Waals surface area contributed by atoms with E-state index in [-0.39, 0.29) is 17.2 Å². The molecule has 1 aromatic carbocycles. The van der Waals surface area contributed by atoms with Gasteiger partial charge in [-0.05, 0) is 18.2 Å². The van der Waals surface area contributed by atoms with Gasteiger partial charge in [-0.15, -0.1) is 0 Å². The SMILES string of the molecule is O=C(NC1CCOc2ccccc21)c1cnc2ccccn2c1=O. The van der Waals surface area contributed by atoms with Gasteiger partial charge in [0.2, 0.25) is 0 Å². The smallest absolute Gasteiger partial charge is 0.270 e. The predicted octanol–water partition coefficient (Wildman–Crippen LogP) is 1.95. The number of ether oxygens (including phenoxy) is 1. The molecule has 4 rings (SSSR count). The number of nitrogens with zero attached hydrogens (tertiary/aromatic N) is 2. The molecule has 0 fully saturated rings. The number of nitrogens with one attached hydrogen (secondary N) is 1. The molecule has 6 heteroatoms. The average molecular weight is 321 g/mol. The molecule has 1 amide bonds. The predicted molar refractivity (Wildman–Crippen MR) is 88.2 cm³/mol. The van der Waals surface area contributed by atoms with E-state index in [0.29, 0.717) is 18.7 Å². The Morgan fingerprint density at radius 3 is 2.96 bits per heavy atom. The van der Waals surface area contributed by atoms with Gasteiger partial charge in [-0.1, -0.05) is 24.3 Å². The highest BCUT2D eigenvalue weighted by Gasteiger charge is 2.24. The van der Waals surface area contributed by atoms with Gasteiger partial charge in [0, 0.05) is 24.4 Å². The van der Waals surface area contributed by atoms with E-state index in [2.05, 4.69) is 10.3 Å². The minimum atomic E-state index is -0.424. The summed E-state index contributed by atoms with van der Waals surface area (Å²) >= 11 is 0. The number of fused-ring (bicyclic) bond motifs is 2. The first-order valence-electron chi connectivity index (χ1n) is 7.73. The first-order chi connectivity index (χ1) is 11.7. The van der Waals surface area contributed by atoms with Crippen LogP contribution in [0, 0.1) is 0 Å². The summed E-state index contributed by atoms with van der Waals surface area (Å²) in [5.41, 5.74) is 1.09. The Labute approximate surface area is 137 Å². The van der Waals surface area contributed by atoms with Crippen LogP contribution in [0.4, 0.5) is 0 Å². The van der Waals surface area contributed by atoms with Gasteiger partial charge >= 0.3 is 0 Å². The van der Waals surface area contributed by atoms with Gasteiger partial charge in [0.05, 0.1) is 12.6 Å². The van der Waals surface area contributed by atoms with Crippen molar-refractivity contribution in [2.24, 2.45) is 0 Å². The Morgan fingerprint density at radius 2 is 2.04 bits per heavy atom. The van der Waals surface area contributed by atoms with Crippen LogP contribution in [0.15, 0.2) is 59.7 Å². The Bertz CT molecular complexity index is 980. The fraction of sp³-hybridized carbons (Fsp3) is 0.167. The van der Waals surface area contributed by atoms with E-state index in [1.807, 2.05) is 24.3 Å². The number of carbonyl (C=O) groups is 1. The van der Waals surface area contributed by atoms with Crippen molar-refractivity contribution >= 4 is 11.6 Å². The molecule has 0 radical (unpaired) electrons. The van der Waals surface area contributed by atoms with E-state index in [0.717, 1.165) is 11.3 Å². The molecule has 3 heterocycles. The normalized spacial score (nSPS) is 16.2. The Hall–Kier alpha value is -3.15. The van der Waals surface area contributed by atoms with E-state index in [1.54, 1.807) is 24.4 Å². The van der Waals surface area contributed by atoms with Crippen molar-refractivity contribution < 1.29 is 9.53 Å². The van der Waals surface area contributed by atoms with Gasteiger partial charge < -0.3 is 10.1 Å². The number of rotatable bonds is 2. The van der Waals surface area contributed by atoms with Crippen molar-refractivity contribution in [3.8, 4) is 5.75 Å². The van der Waals surface area contributed by atoms with Crippen LogP contribution in [0.1, 0.15) is 28.4 Å². The van der Waals surface area contributed by atoms with E-state index in [9.17, 15) is 9.59 Å². The molecule has 0 spiro atoms. The van der Waals surface area contributed by atoms with Crippen LogP contribution in [0.3, 0.4) is 0 Å². The summed E-state index contributed by atoms with van der Waals surface area (Å²) in [4.78, 5) is 29.3. The molecule has 3 aromatic rings. The van der Waals surface area contributed by atoms with Gasteiger partial charge in [-0.2, -0.15) is 0 Å². The second kappa shape index (κ2) is 5.81. The maximum atomic E-state index is 12.6. The molecule has 0 bridgehead atoms. The van der Waals surface area contributed by atoms with Crippen LogP contribution >= 0.6 is 0 Å². The zero-order valence-corrected chi connectivity index (χ0v) is 12.8. The lowest BCUT2D eigenvalue weighted by molar-refractivity contribution is 0.0922. The third-order valence-corrected chi connectivity index (χ3v) is 4.12. The van der Waals surface area contributed by atoms with Crippen LogP contribution in [-0.4, -0.2) is 21.9 Å². The average Bonchev–Trinajstić information content (AvgIpc) is 2.62. The van der Waals surface area contributed by atoms with E-state index in [1.165, 1.54) is 10.6 Å². The zero-order chi connectivity index (χ0) is 16.5. The maximum Gasteiger partial charge on any atom is 0.270 e. The van der Waals surface area contributed by atoms with Crippen molar-refractivity contribution in [3.05, 3.63) is 76.3 Å². The van der Waals surface area contributed by atoms with Crippen molar-refractivity contribution in [1.82, 2.24) is 14.7 Å². The van der Waals surface area contributed by atoms with Crippen molar-refractivity contribution in [2.45, 2.75) is 12.5 Å². The fourth-order valence-electron chi connectivity index (χ4n) is 2.91. The molecule has 0 saturated heterocycles. The fourth-order valence-corrected chi connectivity index (χ4v) is 2.91. The lowest BCUT2D eigenvalue weighted by Gasteiger charge is -2.26. The monoisotopic (exact) mass is 321 g/mol. The molecular formula is C18H15N3O3. The molecule has 1 aliphatic rings. The van der Waals surface area contributed by atoms with Gasteiger partial charge in [-0.3, -0.25) is 14.0 Å². The summed E-state index contributed by atoms with van der Waals surface area (Å²) in [7, 11) is 0. The number of benzene rings is 1. The minimum Gasteiger partial charge on any atom is -0.493 e. The number of para-hydroxylation sites is 1. The highest BCUT2D eigenvalue weighted by Crippen LogP contribution is 2.31. The first kappa shape index (κ1) is 14.4. The van der Waals surface area contributed by atoms with E-state index < -0.39 is 5.91 Å². The number of hydrogen-bond acceptors (Lipinski definition) is 4. The highest BCUT2D eigenvalue weighted by molar-refractivity contribution is 5.94. The maximum absolute atomic E-state index is 12.6. The van der Waals surface area contributed by atoms with Crippen LogP contribution in [-0.2, 0) is 0 Å². The second-order valence-electron chi connectivity index (χ2n) is 5.61. The van der Waals surface area contributed by atoms with E-state index >= 15 is 0 Å². The molecular weight excluding hydrogens is 306 g/mol. The molecule has 1 atom stereocenters. The van der Waals surface area contributed by atoms with E-state index in [4.69, 9.17) is 4.74 Å². The summed E-state index contributed by atoms with van der Waals surface area (Å²) < 4.78 is 6.96. The van der Waals surface area contributed by atoms with Crippen LogP contribution < -0.4 is 15.6 Å². The largest absolute Gasteiger partial charge is 0.493 e. The molecule has 0 saturated carbocycles. The van der Waals surface area contributed by atoms with Crippen molar-refractivity contribution in [1.29, 1.82) is 0 Å². The minimum absolute atomic E-state index is 0.0303.